The molecule has 1 aliphatic rings. The number of amides is 1. The Labute approximate surface area is 157 Å². The van der Waals surface area contributed by atoms with Crippen LogP contribution >= 0.6 is 11.3 Å². The third kappa shape index (κ3) is 3.85. The lowest BCUT2D eigenvalue weighted by molar-refractivity contribution is 0.0937. The number of carbonyl (C=O) groups excluding carboxylic acids is 1. The van der Waals surface area contributed by atoms with Gasteiger partial charge in [-0.05, 0) is 49.3 Å². The van der Waals surface area contributed by atoms with E-state index in [0.717, 1.165) is 29.7 Å². The van der Waals surface area contributed by atoms with E-state index >= 15 is 0 Å². The van der Waals surface area contributed by atoms with Crippen molar-refractivity contribution in [3.05, 3.63) is 69.9 Å². The van der Waals surface area contributed by atoms with Crippen LogP contribution in [0.3, 0.4) is 0 Å². The van der Waals surface area contributed by atoms with Crippen LogP contribution in [0.2, 0.25) is 0 Å². The number of benzene rings is 1. The zero-order chi connectivity index (χ0) is 17.8. The number of nitrogens with one attached hydrogen (secondary N) is 1. The molecule has 0 aliphatic heterocycles. The summed E-state index contributed by atoms with van der Waals surface area (Å²) in [5.41, 5.74) is 2.48. The summed E-state index contributed by atoms with van der Waals surface area (Å²) in [7, 11) is 0. The van der Waals surface area contributed by atoms with Gasteiger partial charge in [0.2, 0.25) is 0 Å². The van der Waals surface area contributed by atoms with Crippen LogP contribution in [-0.4, -0.2) is 20.7 Å². The number of fused-ring (bicyclic) bond motifs is 1. The number of rotatable bonds is 6. The van der Waals surface area contributed by atoms with Crippen LogP contribution in [-0.2, 0) is 19.4 Å². The van der Waals surface area contributed by atoms with E-state index < -0.39 is 0 Å². The standard InChI is InChI=1S/C20H22N4OS/c25-20(19-12-16-8-4-5-9-18(16)26-19)23-17(15-6-2-1-3-7-15)10-11-24-14-21-13-22-24/h1-3,6-7,12-14,17H,4-5,8-11H2,(H,23,25)/t17-/m0/s1. The molecule has 0 saturated carbocycles. The second-order valence-corrected chi connectivity index (χ2v) is 7.79. The van der Waals surface area contributed by atoms with Gasteiger partial charge in [0.05, 0.1) is 10.9 Å². The number of nitrogens with zero attached hydrogens (tertiary/aromatic N) is 3. The molecule has 5 nitrogen and oxygen atoms in total. The summed E-state index contributed by atoms with van der Waals surface area (Å²) in [5.74, 6) is 0.0249. The Morgan fingerprint density at radius 3 is 2.85 bits per heavy atom. The van der Waals surface area contributed by atoms with Gasteiger partial charge in [0, 0.05) is 11.4 Å². The van der Waals surface area contributed by atoms with Crippen molar-refractivity contribution in [1.82, 2.24) is 20.1 Å². The minimum atomic E-state index is -0.0490. The monoisotopic (exact) mass is 366 g/mol. The molecule has 3 aromatic rings. The minimum absolute atomic E-state index is 0.0249. The molecular formula is C20H22N4OS. The maximum atomic E-state index is 12.9. The Morgan fingerprint density at radius 1 is 1.23 bits per heavy atom. The fourth-order valence-electron chi connectivity index (χ4n) is 3.45. The van der Waals surface area contributed by atoms with Gasteiger partial charge in [-0.2, -0.15) is 5.10 Å². The lowest BCUT2D eigenvalue weighted by atomic mass is 9.99. The lowest BCUT2D eigenvalue weighted by Crippen LogP contribution is -2.29. The molecule has 0 spiro atoms. The van der Waals surface area contributed by atoms with E-state index in [2.05, 4.69) is 33.6 Å². The maximum Gasteiger partial charge on any atom is 0.261 e. The van der Waals surface area contributed by atoms with Crippen molar-refractivity contribution in [2.24, 2.45) is 0 Å². The first-order chi connectivity index (χ1) is 12.8. The van der Waals surface area contributed by atoms with Crippen LogP contribution in [0.1, 0.15) is 51.0 Å². The first-order valence-electron chi connectivity index (χ1n) is 9.09. The average molecular weight is 366 g/mol. The smallest absolute Gasteiger partial charge is 0.261 e. The Bertz CT molecular complexity index is 834. The van der Waals surface area contributed by atoms with Crippen LogP contribution in [0, 0.1) is 0 Å². The van der Waals surface area contributed by atoms with Gasteiger partial charge in [-0.15, -0.1) is 11.3 Å². The van der Waals surface area contributed by atoms with Crippen LogP contribution < -0.4 is 5.32 Å². The Morgan fingerprint density at radius 2 is 2.08 bits per heavy atom. The van der Waals surface area contributed by atoms with Crippen LogP contribution in [0.5, 0.6) is 0 Å². The molecule has 0 radical (unpaired) electrons. The van der Waals surface area contributed by atoms with Crippen molar-refractivity contribution >= 4 is 17.2 Å². The summed E-state index contributed by atoms with van der Waals surface area (Å²) in [6.45, 7) is 0.709. The molecule has 26 heavy (non-hydrogen) atoms. The molecule has 2 heterocycles. The summed E-state index contributed by atoms with van der Waals surface area (Å²) in [4.78, 5) is 19.1. The molecule has 1 amide bonds. The Kier molecular flexibility index (Phi) is 5.11. The van der Waals surface area contributed by atoms with E-state index in [4.69, 9.17) is 0 Å². The van der Waals surface area contributed by atoms with Crippen molar-refractivity contribution in [2.45, 2.75) is 44.7 Å². The highest BCUT2D eigenvalue weighted by Crippen LogP contribution is 2.30. The van der Waals surface area contributed by atoms with Crippen molar-refractivity contribution in [3.63, 3.8) is 0 Å². The highest BCUT2D eigenvalue weighted by atomic mass is 32.1. The normalized spacial score (nSPS) is 14.6. The number of hydrogen-bond acceptors (Lipinski definition) is 4. The van der Waals surface area contributed by atoms with Gasteiger partial charge in [0.25, 0.3) is 5.91 Å². The quantitative estimate of drug-likeness (QED) is 0.722. The van der Waals surface area contributed by atoms with Gasteiger partial charge in [-0.3, -0.25) is 9.48 Å². The summed E-state index contributed by atoms with van der Waals surface area (Å²) in [5, 5.41) is 7.39. The Balaban J connectivity index is 1.50. The van der Waals surface area contributed by atoms with E-state index in [1.54, 1.807) is 22.3 Å². The number of aromatic nitrogens is 3. The molecule has 0 unspecified atom stereocenters. The van der Waals surface area contributed by atoms with E-state index in [0.29, 0.717) is 6.54 Å². The number of aryl methyl sites for hydroxylation is 3. The highest BCUT2D eigenvalue weighted by molar-refractivity contribution is 7.14. The van der Waals surface area contributed by atoms with Gasteiger partial charge in [-0.1, -0.05) is 30.3 Å². The topological polar surface area (TPSA) is 59.8 Å². The van der Waals surface area contributed by atoms with Crippen LogP contribution in [0.4, 0.5) is 0 Å². The van der Waals surface area contributed by atoms with E-state index in [1.807, 2.05) is 18.2 Å². The maximum absolute atomic E-state index is 12.9. The summed E-state index contributed by atoms with van der Waals surface area (Å²) < 4.78 is 1.80. The molecule has 1 aliphatic carbocycles. The third-order valence-electron chi connectivity index (χ3n) is 4.84. The van der Waals surface area contributed by atoms with Crippen molar-refractivity contribution < 1.29 is 4.79 Å². The number of thiophene rings is 1. The predicted molar refractivity (Wildman–Crippen MR) is 102 cm³/mol. The molecule has 1 aromatic carbocycles. The fourth-order valence-corrected chi connectivity index (χ4v) is 4.61. The largest absolute Gasteiger partial charge is 0.344 e. The van der Waals surface area contributed by atoms with Gasteiger partial charge in [-0.25, -0.2) is 4.98 Å². The molecule has 134 valence electrons. The predicted octanol–water partition coefficient (Wildman–Crippen LogP) is 3.78. The first kappa shape index (κ1) is 17.0. The molecule has 1 atom stereocenters. The zero-order valence-electron chi connectivity index (χ0n) is 14.6. The van der Waals surface area contributed by atoms with Gasteiger partial charge >= 0.3 is 0 Å². The molecule has 0 bridgehead atoms. The molecule has 2 aromatic heterocycles. The van der Waals surface area contributed by atoms with Crippen LogP contribution in [0.15, 0.2) is 49.1 Å². The molecule has 1 N–H and O–H groups in total. The zero-order valence-corrected chi connectivity index (χ0v) is 15.4. The van der Waals surface area contributed by atoms with Crippen molar-refractivity contribution in [1.29, 1.82) is 0 Å². The van der Waals surface area contributed by atoms with Gasteiger partial charge in [0.1, 0.15) is 12.7 Å². The van der Waals surface area contributed by atoms with E-state index in [-0.39, 0.29) is 11.9 Å². The summed E-state index contributed by atoms with van der Waals surface area (Å²) in [6.07, 6.45) is 8.69. The van der Waals surface area contributed by atoms with E-state index in [9.17, 15) is 4.79 Å². The van der Waals surface area contributed by atoms with Gasteiger partial charge < -0.3 is 5.32 Å². The fraction of sp³-hybridized carbons (Fsp3) is 0.350. The van der Waals surface area contributed by atoms with Crippen molar-refractivity contribution in [2.75, 3.05) is 0 Å². The molecule has 6 heteroatoms. The van der Waals surface area contributed by atoms with Crippen molar-refractivity contribution in [3.8, 4) is 0 Å². The molecule has 0 fully saturated rings. The Hall–Kier alpha value is -2.47. The molecular weight excluding hydrogens is 344 g/mol. The highest BCUT2D eigenvalue weighted by Gasteiger charge is 2.20. The lowest BCUT2D eigenvalue weighted by Gasteiger charge is -2.19. The first-order valence-corrected chi connectivity index (χ1v) is 9.91. The summed E-state index contributed by atoms with van der Waals surface area (Å²) >= 11 is 1.66. The molecule has 4 rings (SSSR count). The van der Waals surface area contributed by atoms with Gasteiger partial charge in [0.15, 0.2) is 0 Å². The second-order valence-electron chi connectivity index (χ2n) is 6.65. The van der Waals surface area contributed by atoms with E-state index in [1.165, 1.54) is 29.6 Å². The third-order valence-corrected chi connectivity index (χ3v) is 6.08. The number of carbonyl (C=O) groups is 1. The summed E-state index contributed by atoms with van der Waals surface area (Å²) in [6, 6.07) is 12.2. The minimum Gasteiger partial charge on any atom is -0.344 e. The van der Waals surface area contributed by atoms with Crippen LogP contribution in [0.25, 0.3) is 0 Å². The molecule has 0 saturated heterocycles. The average Bonchev–Trinajstić information content (AvgIpc) is 3.35. The second kappa shape index (κ2) is 7.83. The SMILES string of the molecule is O=C(N[C@@H](CCn1cncn1)c1ccccc1)c1cc2c(s1)CCCC2. The number of hydrogen-bond donors (Lipinski definition) is 1.